The second-order valence-electron chi connectivity index (χ2n) is 4.66. The molecule has 2 saturated heterocycles. The van der Waals surface area contributed by atoms with Crippen molar-refractivity contribution < 1.29 is 37.7 Å². The Balaban J connectivity index is 2.12. The summed E-state index contributed by atoms with van der Waals surface area (Å²) in [4.78, 5) is 23.5. The Labute approximate surface area is 111 Å². The first kappa shape index (κ1) is 15.0. The summed E-state index contributed by atoms with van der Waals surface area (Å²) in [5.74, 6) is -3.75. The van der Waals surface area contributed by atoms with Crippen LogP contribution in [0.15, 0.2) is 0 Å². The number of rotatable bonds is 2. The van der Waals surface area contributed by atoms with E-state index in [1.54, 1.807) is 5.32 Å². The van der Waals surface area contributed by atoms with Crippen LogP contribution < -0.4 is 5.32 Å². The first-order chi connectivity index (χ1) is 9.24. The highest BCUT2D eigenvalue weighted by atomic mass is 19.4. The van der Waals surface area contributed by atoms with Gasteiger partial charge in [-0.05, 0) is 0 Å². The first-order valence-electron chi connectivity index (χ1n) is 5.86. The summed E-state index contributed by atoms with van der Waals surface area (Å²) < 4.78 is 43.1. The average Bonchev–Trinajstić information content (AvgIpc) is 2.68. The van der Waals surface area contributed by atoms with Crippen LogP contribution in [0.3, 0.4) is 0 Å². The number of alkyl halides is 3. The number of nitrogens with one attached hydrogen (secondary N) is 1. The van der Waals surface area contributed by atoms with Crippen LogP contribution in [0.25, 0.3) is 0 Å². The number of urea groups is 1. The lowest BCUT2D eigenvalue weighted by Crippen LogP contribution is -2.60. The summed E-state index contributed by atoms with van der Waals surface area (Å²) in [6.07, 6.45) is -8.07. The molecule has 0 spiro atoms. The summed E-state index contributed by atoms with van der Waals surface area (Å²) in [5.41, 5.74) is 0. The molecule has 1 unspecified atom stereocenters. The quantitative estimate of drug-likeness (QED) is 0.619. The molecule has 0 saturated carbocycles. The summed E-state index contributed by atoms with van der Waals surface area (Å²) in [7, 11) is 0. The molecule has 2 fully saturated rings. The van der Waals surface area contributed by atoms with Gasteiger partial charge in [0, 0.05) is 13.0 Å². The van der Waals surface area contributed by atoms with Gasteiger partial charge in [-0.3, -0.25) is 15.0 Å². The highest BCUT2D eigenvalue weighted by Gasteiger charge is 2.52. The fourth-order valence-electron chi connectivity index (χ4n) is 2.20. The molecule has 0 aromatic carbocycles. The monoisotopic (exact) mass is 298 g/mol. The molecular formula is C10H13F3N2O5. The van der Waals surface area contributed by atoms with Gasteiger partial charge >= 0.3 is 12.2 Å². The predicted molar refractivity (Wildman–Crippen MR) is 56.2 cm³/mol. The normalized spacial score (nSPS) is 35.4. The third-order valence-electron chi connectivity index (χ3n) is 3.31. The standard InChI is InChI=1S/C10H13F3N2O5/c11-10(12,13)4-2-15(9(19)14-8(4)18)7-1-5(17)6(3-16)20-7/h4-7,16-17H,1-3H2,(H,14,18,19)/t4?,5-,6+,7-/m1/s1. The molecule has 0 bridgehead atoms. The molecule has 0 aromatic rings. The van der Waals surface area contributed by atoms with Gasteiger partial charge in [0.15, 0.2) is 5.92 Å². The molecule has 114 valence electrons. The van der Waals surface area contributed by atoms with E-state index >= 15 is 0 Å². The topological polar surface area (TPSA) is 99.1 Å². The van der Waals surface area contributed by atoms with Gasteiger partial charge in [0.2, 0.25) is 5.91 Å². The van der Waals surface area contributed by atoms with Crippen molar-refractivity contribution in [3.8, 4) is 0 Å². The van der Waals surface area contributed by atoms with E-state index in [0.717, 1.165) is 0 Å². The number of carbonyl (C=O) groups excluding carboxylic acids is 2. The van der Waals surface area contributed by atoms with Gasteiger partial charge in [-0.15, -0.1) is 0 Å². The van der Waals surface area contributed by atoms with Crippen LogP contribution in [-0.4, -0.2) is 64.8 Å². The highest BCUT2D eigenvalue weighted by molar-refractivity contribution is 5.98. The van der Waals surface area contributed by atoms with Gasteiger partial charge in [-0.2, -0.15) is 13.2 Å². The molecular weight excluding hydrogens is 285 g/mol. The minimum absolute atomic E-state index is 0.128. The molecule has 0 aromatic heterocycles. The highest BCUT2D eigenvalue weighted by Crippen LogP contribution is 2.32. The van der Waals surface area contributed by atoms with Crippen molar-refractivity contribution in [2.24, 2.45) is 5.92 Å². The van der Waals surface area contributed by atoms with Crippen LogP contribution in [0.4, 0.5) is 18.0 Å². The van der Waals surface area contributed by atoms with Gasteiger partial charge in [-0.1, -0.05) is 0 Å². The van der Waals surface area contributed by atoms with Crippen molar-refractivity contribution in [1.82, 2.24) is 10.2 Å². The maximum Gasteiger partial charge on any atom is 0.402 e. The molecule has 7 nitrogen and oxygen atoms in total. The van der Waals surface area contributed by atoms with Crippen molar-refractivity contribution in [1.29, 1.82) is 0 Å². The molecule has 0 radical (unpaired) electrons. The van der Waals surface area contributed by atoms with E-state index in [4.69, 9.17) is 9.84 Å². The summed E-state index contributed by atoms with van der Waals surface area (Å²) in [5, 5.41) is 20.0. The van der Waals surface area contributed by atoms with Crippen molar-refractivity contribution in [3.63, 3.8) is 0 Å². The van der Waals surface area contributed by atoms with Gasteiger partial charge < -0.3 is 14.9 Å². The van der Waals surface area contributed by atoms with E-state index < -0.39 is 55.6 Å². The number of hydrogen-bond donors (Lipinski definition) is 3. The number of imide groups is 1. The van der Waals surface area contributed by atoms with Crippen LogP contribution in [-0.2, 0) is 9.53 Å². The van der Waals surface area contributed by atoms with Gasteiger partial charge in [0.25, 0.3) is 0 Å². The zero-order valence-electron chi connectivity index (χ0n) is 10.1. The molecule has 2 aliphatic rings. The van der Waals surface area contributed by atoms with E-state index in [1.807, 2.05) is 0 Å². The van der Waals surface area contributed by atoms with Crippen molar-refractivity contribution in [2.75, 3.05) is 13.2 Å². The lowest BCUT2D eigenvalue weighted by atomic mass is 10.1. The maximum atomic E-state index is 12.7. The van der Waals surface area contributed by atoms with E-state index in [0.29, 0.717) is 4.90 Å². The van der Waals surface area contributed by atoms with Gasteiger partial charge in [0.1, 0.15) is 12.3 Å². The smallest absolute Gasteiger partial charge is 0.394 e. The number of aliphatic hydroxyl groups excluding tert-OH is 2. The molecule has 3 amide bonds. The number of hydrogen-bond acceptors (Lipinski definition) is 5. The van der Waals surface area contributed by atoms with Crippen LogP contribution in [0.1, 0.15) is 6.42 Å². The number of nitrogens with zero attached hydrogens (tertiary/aromatic N) is 1. The molecule has 20 heavy (non-hydrogen) atoms. The molecule has 0 aliphatic carbocycles. The molecule has 10 heteroatoms. The Morgan fingerprint density at radius 3 is 2.55 bits per heavy atom. The Morgan fingerprint density at radius 2 is 2.05 bits per heavy atom. The zero-order chi connectivity index (χ0) is 15.1. The van der Waals surface area contributed by atoms with E-state index in [1.165, 1.54) is 0 Å². The fraction of sp³-hybridized carbons (Fsp3) is 0.800. The van der Waals surface area contributed by atoms with E-state index in [9.17, 15) is 27.9 Å². The van der Waals surface area contributed by atoms with Crippen LogP contribution >= 0.6 is 0 Å². The number of halogens is 3. The van der Waals surface area contributed by atoms with Crippen LogP contribution in [0.2, 0.25) is 0 Å². The Morgan fingerprint density at radius 1 is 1.40 bits per heavy atom. The van der Waals surface area contributed by atoms with Gasteiger partial charge in [-0.25, -0.2) is 4.79 Å². The van der Waals surface area contributed by atoms with Crippen molar-refractivity contribution >= 4 is 11.9 Å². The zero-order valence-corrected chi connectivity index (χ0v) is 10.1. The Hall–Kier alpha value is -1.39. The molecule has 2 aliphatic heterocycles. The third-order valence-corrected chi connectivity index (χ3v) is 3.31. The summed E-state index contributed by atoms with van der Waals surface area (Å²) in [6, 6.07) is -1.01. The number of amides is 3. The second-order valence-corrected chi connectivity index (χ2v) is 4.66. The fourth-order valence-corrected chi connectivity index (χ4v) is 2.20. The Kier molecular flexibility index (Phi) is 3.89. The third kappa shape index (κ3) is 2.72. The minimum Gasteiger partial charge on any atom is -0.394 e. The second kappa shape index (κ2) is 5.19. The van der Waals surface area contributed by atoms with Crippen LogP contribution in [0, 0.1) is 5.92 Å². The largest absolute Gasteiger partial charge is 0.402 e. The lowest BCUT2D eigenvalue weighted by molar-refractivity contribution is -0.192. The number of ether oxygens (including phenoxy) is 1. The summed E-state index contributed by atoms with van der Waals surface area (Å²) in [6.45, 7) is -1.39. The first-order valence-corrected chi connectivity index (χ1v) is 5.86. The molecule has 3 N–H and O–H groups in total. The van der Waals surface area contributed by atoms with Crippen LogP contribution in [0.5, 0.6) is 0 Å². The Bertz CT molecular complexity index is 416. The van der Waals surface area contributed by atoms with Crippen molar-refractivity contribution in [2.45, 2.75) is 31.0 Å². The maximum absolute atomic E-state index is 12.7. The average molecular weight is 298 g/mol. The van der Waals surface area contributed by atoms with E-state index in [-0.39, 0.29) is 6.42 Å². The minimum atomic E-state index is -4.78. The van der Waals surface area contributed by atoms with Crippen molar-refractivity contribution in [3.05, 3.63) is 0 Å². The number of aliphatic hydroxyl groups is 2. The molecule has 2 rings (SSSR count). The SMILES string of the molecule is O=C1NC(=O)N([C@H]2C[C@@H](O)[C@H](CO)O2)CC1C(F)(F)F. The van der Waals surface area contributed by atoms with Gasteiger partial charge in [0.05, 0.1) is 12.7 Å². The van der Waals surface area contributed by atoms with E-state index in [2.05, 4.69) is 0 Å². The lowest BCUT2D eigenvalue weighted by Gasteiger charge is -2.36. The number of carbonyl (C=O) groups is 2. The molecule has 4 atom stereocenters. The molecule has 2 heterocycles. The predicted octanol–water partition coefficient (Wildman–Crippen LogP) is -0.815. The summed E-state index contributed by atoms with van der Waals surface area (Å²) >= 11 is 0.